The minimum Gasteiger partial charge on any atom is -0.311 e. The van der Waals surface area contributed by atoms with Gasteiger partial charge in [-0.15, -0.1) is 0 Å². The second kappa shape index (κ2) is 11.8. The number of benzene rings is 6. The van der Waals surface area contributed by atoms with Crippen LogP contribution in [0.3, 0.4) is 0 Å². The first-order valence-corrected chi connectivity index (χ1v) is 17.6. The van der Waals surface area contributed by atoms with Crippen molar-refractivity contribution in [2.45, 2.75) is 38.5 Å². The molecular weight excluding hydrogens is 591 g/mol. The largest absolute Gasteiger partial charge is 0.311 e. The smallest absolute Gasteiger partial charge is 0.0462 e. The molecule has 0 N–H and O–H groups in total. The van der Waals surface area contributed by atoms with Crippen LogP contribution in [0.15, 0.2) is 146 Å². The van der Waals surface area contributed by atoms with Crippen molar-refractivity contribution in [2.24, 2.45) is 0 Å². The molecule has 9 rings (SSSR count). The molecule has 49 heavy (non-hydrogen) atoms. The molecule has 0 heterocycles. The van der Waals surface area contributed by atoms with Crippen molar-refractivity contribution in [1.29, 1.82) is 0 Å². The maximum absolute atomic E-state index is 2.39. The van der Waals surface area contributed by atoms with Crippen LogP contribution in [-0.2, 0) is 0 Å². The maximum atomic E-state index is 2.39. The second-order valence-corrected chi connectivity index (χ2v) is 13.8. The van der Waals surface area contributed by atoms with Crippen molar-refractivity contribution < 1.29 is 0 Å². The van der Waals surface area contributed by atoms with Gasteiger partial charge >= 0.3 is 0 Å². The molecule has 0 aromatic heterocycles. The van der Waals surface area contributed by atoms with E-state index in [1.165, 1.54) is 66.8 Å². The Bertz CT molecular complexity index is 2030. The molecule has 3 atom stereocenters. The number of anilines is 3. The summed E-state index contributed by atoms with van der Waals surface area (Å²) in [6.45, 7) is 6.96. The highest BCUT2D eigenvalue weighted by molar-refractivity contribution is 5.94. The van der Waals surface area contributed by atoms with Gasteiger partial charge in [-0.3, -0.25) is 0 Å². The summed E-state index contributed by atoms with van der Waals surface area (Å²) in [5, 5.41) is 0. The van der Waals surface area contributed by atoms with Crippen molar-refractivity contribution in [3.8, 4) is 0 Å². The molecule has 6 aromatic carbocycles. The van der Waals surface area contributed by atoms with Crippen LogP contribution in [0.1, 0.15) is 88.6 Å². The van der Waals surface area contributed by atoms with Gasteiger partial charge in [0.2, 0.25) is 0 Å². The van der Waals surface area contributed by atoms with E-state index in [0.717, 1.165) is 17.1 Å². The van der Waals surface area contributed by atoms with Crippen LogP contribution in [0.2, 0.25) is 0 Å². The first-order chi connectivity index (χ1) is 24.0. The number of allylic oxidation sites excluding steroid dienone is 3. The fraction of sp³-hybridized carbons (Fsp3) is 0.125. The first-order valence-electron chi connectivity index (χ1n) is 17.6. The van der Waals surface area contributed by atoms with Gasteiger partial charge in [-0.1, -0.05) is 148 Å². The first kappa shape index (κ1) is 29.5. The Labute approximate surface area is 290 Å². The summed E-state index contributed by atoms with van der Waals surface area (Å²) >= 11 is 0. The van der Waals surface area contributed by atoms with Crippen LogP contribution >= 0.6 is 0 Å². The molecule has 0 spiro atoms. The Morgan fingerprint density at radius 3 is 0.857 bits per heavy atom. The summed E-state index contributed by atoms with van der Waals surface area (Å²) in [6, 6.07) is 53.8. The van der Waals surface area contributed by atoms with E-state index in [1.807, 2.05) is 0 Å². The maximum Gasteiger partial charge on any atom is 0.0462 e. The molecule has 0 bridgehead atoms. The topological polar surface area (TPSA) is 3.24 Å². The third kappa shape index (κ3) is 5.00. The number of hydrogen-bond donors (Lipinski definition) is 0. The van der Waals surface area contributed by atoms with Crippen molar-refractivity contribution in [3.63, 3.8) is 0 Å². The summed E-state index contributed by atoms with van der Waals surface area (Å²) < 4.78 is 0. The lowest BCUT2D eigenvalue weighted by atomic mass is 9.92. The van der Waals surface area contributed by atoms with E-state index in [4.69, 9.17) is 0 Å². The summed E-state index contributed by atoms with van der Waals surface area (Å²) in [6.07, 6.45) is 7.08. The van der Waals surface area contributed by atoms with E-state index in [2.05, 4.69) is 189 Å². The minimum atomic E-state index is 0.384. The summed E-state index contributed by atoms with van der Waals surface area (Å²) in [5.41, 5.74) is 19.7. The van der Waals surface area contributed by atoms with Gasteiger partial charge in [0.25, 0.3) is 0 Å². The highest BCUT2D eigenvalue weighted by atomic mass is 15.1. The fourth-order valence-electron chi connectivity index (χ4n) is 8.35. The van der Waals surface area contributed by atoms with Crippen LogP contribution in [0.25, 0.3) is 34.9 Å². The van der Waals surface area contributed by atoms with Crippen LogP contribution in [0.4, 0.5) is 17.1 Å². The van der Waals surface area contributed by atoms with Crippen molar-refractivity contribution >= 4 is 52.0 Å². The van der Waals surface area contributed by atoms with Gasteiger partial charge in [-0.25, -0.2) is 0 Å². The van der Waals surface area contributed by atoms with Crippen LogP contribution in [0, 0.1) is 0 Å². The molecule has 6 aromatic rings. The van der Waals surface area contributed by atoms with Crippen molar-refractivity contribution in [2.75, 3.05) is 4.90 Å². The monoisotopic (exact) mass is 629 g/mol. The average Bonchev–Trinajstić information content (AvgIpc) is 3.80. The molecule has 0 amide bonds. The predicted octanol–water partition coefficient (Wildman–Crippen LogP) is 13.1. The number of fused-ring (bicyclic) bond motifs is 3. The standard InChI is InChI=1S/C48H39N/c1-31-43-13-7-4-10-37(43)28-46(31)34-16-22-40(23-17-34)49(41-24-18-35(19-25-41)47-29-38-11-5-8-14-44(38)32(47)2)42-26-20-36(21-27-42)48-30-39-12-6-9-15-45(39)33(48)3/h4-33H,1-3H3. The molecule has 0 saturated carbocycles. The molecule has 0 fully saturated rings. The molecule has 3 aliphatic rings. The van der Waals surface area contributed by atoms with Crippen LogP contribution < -0.4 is 4.90 Å². The second-order valence-electron chi connectivity index (χ2n) is 13.8. The molecular formula is C48H39N. The molecule has 3 aliphatic carbocycles. The fourth-order valence-corrected chi connectivity index (χ4v) is 8.35. The molecule has 3 unspecified atom stereocenters. The number of nitrogens with zero attached hydrogens (tertiary/aromatic N) is 1. The van der Waals surface area contributed by atoms with Gasteiger partial charge in [0.15, 0.2) is 0 Å². The zero-order valence-electron chi connectivity index (χ0n) is 28.3. The summed E-state index contributed by atoms with van der Waals surface area (Å²) in [7, 11) is 0. The highest BCUT2D eigenvalue weighted by Crippen LogP contribution is 2.46. The highest BCUT2D eigenvalue weighted by Gasteiger charge is 2.25. The Kier molecular flexibility index (Phi) is 7.09. The lowest BCUT2D eigenvalue weighted by Crippen LogP contribution is -2.10. The number of rotatable bonds is 6. The molecule has 0 aliphatic heterocycles. The average molecular weight is 630 g/mol. The Morgan fingerprint density at radius 1 is 0.327 bits per heavy atom. The molecule has 0 saturated heterocycles. The van der Waals surface area contributed by atoms with Gasteiger partial charge < -0.3 is 4.90 Å². The zero-order chi connectivity index (χ0) is 33.1. The normalized spacial score (nSPS) is 18.7. The Balaban J connectivity index is 1.07. The molecule has 0 radical (unpaired) electrons. The summed E-state index contributed by atoms with van der Waals surface area (Å²) in [4.78, 5) is 2.39. The van der Waals surface area contributed by atoms with Gasteiger partial charge in [0.05, 0.1) is 0 Å². The van der Waals surface area contributed by atoms with Crippen LogP contribution in [0.5, 0.6) is 0 Å². The molecule has 1 heteroatoms. The van der Waals surface area contributed by atoms with E-state index in [9.17, 15) is 0 Å². The quantitative estimate of drug-likeness (QED) is 0.177. The van der Waals surface area contributed by atoms with Gasteiger partial charge in [-0.05, 0) is 103 Å². The Morgan fingerprint density at radius 2 is 0.592 bits per heavy atom. The molecule has 1 nitrogen and oxygen atoms in total. The third-order valence-electron chi connectivity index (χ3n) is 11.1. The predicted molar refractivity (Wildman–Crippen MR) is 209 cm³/mol. The van der Waals surface area contributed by atoms with E-state index in [0.29, 0.717) is 17.8 Å². The van der Waals surface area contributed by atoms with E-state index >= 15 is 0 Å². The third-order valence-corrected chi connectivity index (χ3v) is 11.1. The SMILES string of the molecule is CC1C(c2ccc(N(c3ccc(C4=Cc5ccccc5C4C)cc3)c3ccc(C4=Cc5ccccc5C4C)cc3)cc2)=Cc2ccccc21. The lowest BCUT2D eigenvalue weighted by molar-refractivity contribution is 1.01. The number of hydrogen-bond acceptors (Lipinski definition) is 1. The van der Waals surface area contributed by atoms with Gasteiger partial charge in [0, 0.05) is 34.8 Å². The molecule has 236 valence electrons. The van der Waals surface area contributed by atoms with Gasteiger partial charge in [0.1, 0.15) is 0 Å². The van der Waals surface area contributed by atoms with E-state index < -0.39 is 0 Å². The van der Waals surface area contributed by atoms with E-state index in [1.54, 1.807) is 0 Å². The van der Waals surface area contributed by atoms with Gasteiger partial charge in [-0.2, -0.15) is 0 Å². The van der Waals surface area contributed by atoms with Crippen LogP contribution in [-0.4, -0.2) is 0 Å². The lowest BCUT2D eigenvalue weighted by Gasteiger charge is -2.27. The van der Waals surface area contributed by atoms with Crippen molar-refractivity contribution in [3.05, 3.63) is 196 Å². The zero-order valence-corrected chi connectivity index (χ0v) is 28.3. The minimum absolute atomic E-state index is 0.384. The van der Waals surface area contributed by atoms with E-state index in [-0.39, 0.29) is 0 Å². The van der Waals surface area contributed by atoms with Crippen molar-refractivity contribution in [1.82, 2.24) is 0 Å². The summed E-state index contributed by atoms with van der Waals surface area (Å²) in [5.74, 6) is 1.15. The Hall–Kier alpha value is -5.66.